The van der Waals surface area contributed by atoms with Crippen molar-refractivity contribution in [3.63, 3.8) is 0 Å². The van der Waals surface area contributed by atoms with E-state index in [1.807, 2.05) is 67.5 Å². The number of hydrazone groups is 1. The first kappa shape index (κ1) is 17.9. The Bertz CT molecular complexity index is 748. The zero-order valence-electron chi connectivity index (χ0n) is 15.2. The number of benzene rings is 2. The van der Waals surface area contributed by atoms with Gasteiger partial charge in [0.05, 0.1) is 19.4 Å². The predicted octanol–water partition coefficient (Wildman–Crippen LogP) is 2.35. The summed E-state index contributed by atoms with van der Waals surface area (Å²) in [6.45, 7) is 3.24. The van der Waals surface area contributed by atoms with Gasteiger partial charge in [0.15, 0.2) is 0 Å². The highest BCUT2D eigenvalue weighted by Crippen LogP contribution is 2.16. The van der Waals surface area contributed by atoms with Crippen molar-refractivity contribution in [2.24, 2.45) is 5.10 Å². The second-order valence-corrected chi connectivity index (χ2v) is 6.33. The van der Waals surface area contributed by atoms with Crippen LogP contribution in [0.4, 0.5) is 11.4 Å². The van der Waals surface area contributed by atoms with Crippen LogP contribution < -0.4 is 15.2 Å². The third kappa shape index (κ3) is 4.61. The molecule has 1 N–H and O–H groups in total. The molecule has 6 heteroatoms. The van der Waals surface area contributed by atoms with Crippen LogP contribution in [0.5, 0.6) is 0 Å². The van der Waals surface area contributed by atoms with E-state index < -0.39 is 0 Å². The predicted molar refractivity (Wildman–Crippen MR) is 105 cm³/mol. The summed E-state index contributed by atoms with van der Waals surface area (Å²) >= 11 is 0. The molecule has 3 rings (SSSR count). The van der Waals surface area contributed by atoms with Crippen LogP contribution >= 0.6 is 0 Å². The number of hydrogen-bond donors (Lipinski definition) is 1. The molecule has 0 saturated carbocycles. The Morgan fingerprint density at radius 2 is 1.73 bits per heavy atom. The van der Waals surface area contributed by atoms with Crippen LogP contribution in [-0.4, -0.2) is 52.5 Å². The van der Waals surface area contributed by atoms with Gasteiger partial charge in [-0.05, 0) is 42.0 Å². The molecule has 0 radical (unpaired) electrons. The zero-order chi connectivity index (χ0) is 18.4. The minimum absolute atomic E-state index is 0.223. The van der Waals surface area contributed by atoms with Crippen molar-refractivity contribution in [2.75, 3.05) is 50.2 Å². The minimum Gasteiger partial charge on any atom is -0.378 e. The number of amides is 1. The summed E-state index contributed by atoms with van der Waals surface area (Å²) in [4.78, 5) is 16.5. The number of rotatable bonds is 5. The molecule has 1 fully saturated rings. The minimum atomic E-state index is -0.223. The number of ether oxygens (including phenoxy) is 1. The fourth-order valence-electron chi connectivity index (χ4n) is 2.73. The van der Waals surface area contributed by atoms with Crippen LogP contribution in [0.3, 0.4) is 0 Å². The molecular formula is C20H24N4O2. The summed E-state index contributed by atoms with van der Waals surface area (Å²) in [6, 6.07) is 15.5. The molecular weight excluding hydrogens is 328 g/mol. The van der Waals surface area contributed by atoms with Crippen molar-refractivity contribution < 1.29 is 9.53 Å². The maximum atomic E-state index is 12.2. The molecule has 2 aromatic carbocycles. The van der Waals surface area contributed by atoms with Gasteiger partial charge in [0.25, 0.3) is 5.91 Å². The van der Waals surface area contributed by atoms with E-state index in [2.05, 4.69) is 15.4 Å². The van der Waals surface area contributed by atoms with Gasteiger partial charge in [-0.2, -0.15) is 5.10 Å². The van der Waals surface area contributed by atoms with Crippen LogP contribution in [0.15, 0.2) is 53.6 Å². The Kier molecular flexibility index (Phi) is 5.86. The molecule has 136 valence electrons. The summed E-state index contributed by atoms with van der Waals surface area (Å²) < 4.78 is 5.36. The van der Waals surface area contributed by atoms with Crippen molar-refractivity contribution >= 4 is 23.5 Å². The fourth-order valence-corrected chi connectivity index (χ4v) is 2.73. The molecule has 2 aromatic rings. The lowest BCUT2D eigenvalue weighted by molar-refractivity contribution is 0.0955. The van der Waals surface area contributed by atoms with Gasteiger partial charge in [0, 0.05) is 44.1 Å². The molecule has 26 heavy (non-hydrogen) atoms. The van der Waals surface area contributed by atoms with E-state index in [1.54, 1.807) is 6.21 Å². The van der Waals surface area contributed by atoms with Gasteiger partial charge in [-0.15, -0.1) is 0 Å². The van der Waals surface area contributed by atoms with Gasteiger partial charge in [0.1, 0.15) is 0 Å². The first-order valence-corrected chi connectivity index (χ1v) is 8.67. The van der Waals surface area contributed by atoms with Crippen LogP contribution in [0, 0.1) is 0 Å². The number of carbonyl (C=O) groups is 1. The molecule has 6 nitrogen and oxygen atoms in total. The van der Waals surface area contributed by atoms with Crippen LogP contribution in [0.2, 0.25) is 0 Å². The van der Waals surface area contributed by atoms with Gasteiger partial charge >= 0.3 is 0 Å². The Balaban J connectivity index is 1.55. The Morgan fingerprint density at radius 3 is 2.35 bits per heavy atom. The topological polar surface area (TPSA) is 57.2 Å². The van der Waals surface area contributed by atoms with Crippen LogP contribution in [0.1, 0.15) is 15.9 Å². The smallest absolute Gasteiger partial charge is 0.271 e. The number of anilines is 2. The maximum absolute atomic E-state index is 12.2. The van der Waals surface area contributed by atoms with Crippen molar-refractivity contribution in [1.82, 2.24) is 5.43 Å². The molecule has 0 aromatic heterocycles. The van der Waals surface area contributed by atoms with Crippen molar-refractivity contribution in [2.45, 2.75) is 0 Å². The number of carbonyl (C=O) groups excluding carboxylic acids is 1. The lowest BCUT2D eigenvalue weighted by Gasteiger charge is -2.28. The van der Waals surface area contributed by atoms with Gasteiger partial charge in [0.2, 0.25) is 0 Å². The molecule has 1 aliphatic rings. The third-order valence-corrected chi connectivity index (χ3v) is 4.29. The van der Waals surface area contributed by atoms with Crippen LogP contribution in [0.25, 0.3) is 0 Å². The average molecular weight is 352 g/mol. The van der Waals surface area contributed by atoms with E-state index in [9.17, 15) is 4.79 Å². The molecule has 0 spiro atoms. The second-order valence-electron chi connectivity index (χ2n) is 6.33. The summed E-state index contributed by atoms with van der Waals surface area (Å²) in [5, 5.41) is 4.04. The van der Waals surface area contributed by atoms with E-state index in [0.717, 1.165) is 43.2 Å². The first-order valence-electron chi connectivity index (χ1n) is 8.67. The summed E-state index contributed by atoms with van der Waals surface area (Å²) in [7, 11) is 3.99. The summed E-state index contributed by atoms with van der Waals surface area (Å²) in [6.07, 6.45) is 1.64. The lowest BCUT2D eigenvalue weighted by Crippen LogP contribution is -2.36. The molecule has 0 atom stereocenters. The highest BCUT2D eigenvalue weighted by molar-refractivity contribution is 5.95. The van der Waals surface area contributed by atoms with E-state index in [0.29, 0.717) is 5.56 Å². The maximum Gasteiger partial charge on any atom is 0.271 e. The van der Waals surface area contributed by atoms with Crippen molar-refractivity contribution in [3.8, 4) is 0 Å². The van der Waals surface area contributed by atoms with Crippen LogP contribution in [-0.2, 0) is 4.74 Å². The molecule has 1 amide bonds. The quantitative estimate of drug-likeness (QED) is 0.663. The third-order valence-electron chi connectivity index (χ3n) is 4.29. The van der Waals surface area contributed by atoms with Gasteiger partial charge in [-0.25, -0.2) is 5.43 Å². The Hall–Kier alpha value is -2.86. The zero-order valence-corrected chi connectivity index (χ0v) is 15.2. The summed E-state index contributed by atoms with van der Waals surface area (Å²) in [5.41, 5.74) is 6.31. The van der Waals surface area contributed by atoms with Gasteiger partial charge < -0.3 is 14.5 Å². The number of nitrogens with one attached hydrogen (secondary N) is 1. The Labute approximate surface area is 154 Å². The van der Waals surface area contributed by atoms with E-state index in [-0.39, 0.29) is 5.91 Å². The lowest BCUT2D eigenvalue weighted by atomic mass is 10.2. The number of morpholine rings is 1. The normalized spacial score (nSPS) is 14.5. The van der Waals surface area contributed by atoms with Crippen molar-refractivity contribution in [1.29, 1.82) is 0 Å². The molecule has 0 unspecified atom stereocenters. The average Bonchev–Trinajstić information content (AvgIpc) is 2.69. The largest absolute Gasteiger partial charge is 0.378 e. The molecule has 0 bridgehead atoms. The number of nitrogens with zero attached hydrogens (tertiary/aromatic N) is 3. The summed E-state index contributed by atoms with van der Waals surface area (Å²) in [5.74, 6) is -0.223. The fraction of sp³-hybridized carbons (Fsp3) is 0.300. The van der Waals surface area contributed by atoms with E-state index in [1.165, 1.54) is 0 Å². The van der Waals surface area contributed by atoms with Gasteiger partial charge in [-0.1, -0.05) is 12.1 Å². The second kappa shape index (κ2) is 8.49. The Morgan fingerprint density at radius 1 is 1.08 bits per heavy atom. The standard InChI is InChI=1S/C20H24N4O2/c1-23(2)18-7-3-16(4-8-18)15-21-22-20(25)17-5-9-19(10-6-17)24-11-13-26-14-12-24/h3-10,15H,11-14H2,1-2H3,(H,22,25)/b21-15+. The molecule has 1 heterocycles. The van der Waals surface area contributed by atoms with Crippen molar-refractivity contribution in [3.05, 3.63) is 59.7 Å². The SMILES string of the molecule is CN(C)c1ccc(/C=N/NC(=O)c2ccc(N3CCOCC3)cc2)cc1. The first-order chi connectivity index (χ1) is 12.6. The van der Waals surface area contributed by atoms with Gasteiger partial charge in [-0.3, -0.25) is 4.79 Å². The number of hydrogen-bond acceptors (Lipinski definition) is 5. The molecule has 1 saturated heterocycles. The highest BCUT2D eigenvalue weighted by Gasteiger charge is 2.12. The molecule has 0 aliphatic carbocycles. The monoisotopic (exact) mass is 352 g/mol. The van der Waals surface area contributed by atoms with E-state index >= 15 is 0 Å². The van der Waals surface area contributed by atoms with E-state index in [4.69, 9.17) is 4.74 Å². The highest BCUT2D eigenvalue weighted by atomic mass is 16.5. The molecule has 1 aliphatic heterocycles.